The van der Waals surface area contributed by atoms with Crippen LogP contribution in [0.2, 0.25) is 0 Å². The standard InChI is InChI=1S/C25H35N5O3S2/c1-16(26)14-23(27)28-19(4)34-17(2)24-18(3)35-25(29-24)20-6-7-21(31-5)22(15-20)33-13-10-30-8-11-32-12-9-30/h6-7,14-15,17H,4,8-13,26H2,1-3,5H3,(H2,27,28)/b16-14+. The summed E-state index contributed by atoms with van der Waals surface area (Å²) in [5.74, 6) is 1.77. The van der Waals surface area contributed by atoms with Gasteiger partial charge in [-0.3, -0.25) is 4.90 Å². The minimum Gasteiger partial charge on any atom is -0.493 e. The van der Waals surface area contributed by atoms with E-state index in [2.05, 4.69) is 30.3 Å². The Bertz CT molecular complexity index is 1070. The lowest BCUT2D eigenvalue weighted by molar-refractivity contribution is 0.0321. The molecule has 1 fully saturated rings. The number of aryl methyl sites for hydroxylation is 1. The van der Waals surface area contributed by atoms with E-state index >= 15 is 0 Å². The van der Waals surface area contributed by atoms with Crippen molar-refractivity contribution in [2.24, 2.45) is 16.5 Å². The predicted octanol–water partition coefficient (Wildman–Crippen LogP) is 4.32. The van der Waals surface area contributed by atoms with E-state index in [0.29, 0.717) is 28.9 Å². The Hall–Kier alpha value is -2.53. The van der Waals surface area contributed by atoms with Crippen molar-refractivity contribution in [1.82, 2.24) is 9.88 Å². The number of rotatable bonds is 11. The lowest BCUT2D eigenvalue weighted by Gasteiger charge is -2.26. The van der Waals surface area contributed by atoms with Gasteiger partial charge < -0.3 is 25.7 Å². The normalized spacial score (nSPS) is 16.2. The van der Waals surface area contributed by atoms with Gasteiger partial charge in [0.25, 0.3) is 0 Å². The first-order chi connectivity index (χ1) is 16.8. The topological polar surface area (TPSA) is 108 Å². The third kappa shape index (κ3) is 7.99. The zero-order valence-electron chi connectivity index (χ0n) is 20.9. The highest BCUT2D eigenvalue weighted by Crippen LogP contribution is 2.40. The van der Waals surface area contributed by atoms with E-state index in [0.717, 1.165) is 59.7 Å². The molecule has 10 heteroatoms. The first-order valence-corrected chi connectivity index (χ1v) is 13.2. The molecule has 0 amide bonds. The maximum Gasteiger partial charge on any atom is 0.161 e. The number of thioether (sulfide) groups is 1. The Morgan fingerprint density at radius 1 is 1.34 bits per heavy atom. The third-order valence-electron chi connectivity index (χ3n) is 5.34. The van der Waals surface area contributed by atoms with Crippen LogP contribution < -0.4 is 20.9 Å². The number of amidine groups is 1. The summed E-state index contributed by atoms with van der Waals surface area (Å²) in [6.07, 6.45) is 1.62. The highest BCUT2D eigenvalue weighted by atomic mass is 32.2. The van der Waals surface area contributed by atoms with Crippen molar-refractivity contribution in [1.29, 1.82) is 0 Å². The minimum absolute atomic E-state index is 0.0643. The second-order valence-electron chi connectivity index (χ2n) is 8.21. The van der Waals surface area contributed by atoms with Crippen LogP contribution in [0, 0.1) is 6.92 Å². The summed E-state index contributed by atoms with van der Waals surface area (Å²) in [7, 11) is 1.65. The monoisotopic (exact) mass is 517 g/mol. The van der Waals surface area contributed by atoms with Gasteiger partial charge in [-0.2, -0.15) is 0 Å². The number of thiazole rings is 1. The summed E-state index contributed by atoms with van der Waals surface area (Å²) in [5.41, 5.74) is 14.1. The summed E-state index contributed by atoms with van der Waals surface area (Å²) in [4.78, 5) is 12.7. The molecule has 1 aliphatic rings. The zero-order chi connectivity index (χ0) is 25.4. The van der Waals surface area contributed by atoms with Crippen LogP contribution in [-0.4, -0.2) is 62.3 Å². The Morgan fingerprint density at radius 3 is 2.77 bits per heavy atom. The van der Waals surface area contributed by atoms with E-state index in [-0.39, 0.29) is 5.25 Å². The van der Waals surface area contributed by atoms with Gasteiger partial charge in [0.15, 0.2) is 11.5 Å². The Kier molecular flexibility index (Phi) is 10.0. The highest BCUT2D eigenvalue weighted by Gasteiger charge is 2.18. The van der Waals surface area contributed by atoms with Gasteiger partial charge in [-0.15, -0.1) is 11.3 Å². The predicted molar refractivity (Wildman–Crippen MR) is 146 cm³/mol. The number of morpholine rings is 1. The first-order valence-electron chi connectivity index (χ1n) is 11.5. The molecule has 8 nitrogen and oxygen atoms in total. The molecular formula is C25H35N5O3S2. The number of nitrogens with two attached hydrogens (primary N) is 2. The molecule has 1 atom stereocenters. The Balaban J connectivity index is 1.70. The molecule has 0 aliphatic carbocycles. The number of aromatic nitrogens is 1. The lowest BCUT2D eigenvalue weighted by Crippen LogP contribution is -2.38. The van der Waals surface area contributed by atoms with Crippen LogP contribution in [0.15, 0.2) is 46.6 Å². The Morgan fingerprint density at radius 2 is 2.09 bits per heavy atom. The van der Waals surface area contributed by atoms with Crippen molar-refractivity contribution in [3.8, 4) is 22.1 Å². The van der Waals surface area contributed by atoms with Gasteiger partial charge in [-0.05, 0) is 45.0 Å². The molecule has 0 bridgehead atoms. The molecule has 1 saturated heterocycles. The van der Waals surface area contributed by atoms with E-state index in [1.165, 1.54) is 11.8 Å². The smallest absolute Gasteiger partial charge is 0.161 e. The van der Waals surface area contributed by atoms with Gasteiger partial charge in [-0.25, -0.2) is 9.98 Å². The number of hydrogen-bond donors (Lipinski definition) is 2. The van der Waals surface area contributed by atoms with Crippen molar-refractivity contribution in [2.75, 3.05) is 46.6 Å². The summed E-state index contributed by atoms with van der Waals surface area (Å²) in [6, 6.07) is 5.95. The summed E-state index contributed by atoms with van der Waals surface area (Å²) < 4.78 is 17.0. The molecule has 1 aromatic carbocycles. The van der Waals surface area contributed by atoms with E-state index in [1.807, 2.05) is 18.2 Å². The SMILES string of the molecule is C=C(/N=C(N)\C=C(/C)N)SC(C)c1nc(-c2ccc(OC)c(OCCN3CCOCC3)c2)sc1C. The van der Waals surface area contributed by atoms with Crippen LogP contribution >= 0.6 is 23.1 Å². The molecule has 2 heterocycles. The van der Waals surface area contributed by atoms with E-state index in [4.69, 9.17) is 30.7 Å². The fourth-order valence-electron chi connectivity index (χ4n) is 3.64. The van der Waals surface area contributed by atoms with Gasteiger partial charge in [0, 0.05) is 35.8 Å². The molecule has 0 saturated carbocycles. The van der Waals surface area contributed by atoms with Gasteiger partial charge in [0.05, 0.1) is 36.3 Å². The van der Waals surface area contributed by atoms with Crippen LogP contribution in [0.5, 0.6) is 11.5 Å². The molecule has 0 spiro atoms. The lowest BCUT2D eigenvalue weighted by atomic mass is 10.2. The number of ether oxygens (including phenoxy) is 3. The van der Waals surface area contributed by atoms with Crippen molar-refractivity contribution in [2.45, 2.75) is 26.0 Å². The maximum atomic E-state index is 6.11. The maximum absolute atomic E-state index is 6.11. The molecule has 0 radical (unpaired) electrons. The summed E-state index contributed by atoms with van der Waals surface area (Å²) in [5, 5.41) is 1.61. The zero-order valence-corrected chi connectivity index (χ0v) is 22.5. The van der Waals surface area contributed by atoms with Crippen LogP contribution in [-0.2, 0) is 4.74 Å². The number of methoxy groups -OCH3 is 1. The molecule has 1 aliphatic heterocycles. The van der Waals surface area contributed by atoms with Crippen molar-refractivity contribution >= 4 is 28.9 Å². The molecule has 2 aromatic rings. The van der Waals surface area contributed by atoms with Gasteiger partial charge >= 0.3 is 0 Å². The molecule has 1 aromatic heterocycles. The van der Waals surface area contributed by atoms with E-state index in [9.17, 15) is 0 Å². The fraction of sp³-hybridized carbons (Fsp3) is 0.440. The van der Waals surface area contributed by atoms with E-state index < -0.39 is 0 Å². The minimum atomic E-state index is 0.0643. The number of aliphatic imine (C=N–C) groups is 1. The number of nitrogens with zero attached hydrogens (tertiary/aromatic N) is 3. The van der Waals surface area contributed by atoms with Crippen LogP contribution in [0.3, 0.4) is 0 Å². The quantitative estimate of drug-likeness (QED) is 0.335. The highest BCUT2D eigenvalue weighted by molar-refractivity contribution is 8.03. The van der Waals surface area contributed by atoms with Crippen molar-refractivity contribution < 1.29 is 14.2 Å². The molecule has 4 N–H and O–H groups in total. The van der Waals surface area contributed by atoms with Gasteiger partial charge in [0.2, 0.25) is 0 Å². The number of hydrogen-bond acceptors (Lipinski definition) is 9. The summed E-state index contributed by atoms with van der Waals surface area (Å²) >= 11 is 3.17. The second kappa shape index (κ2) is 13.0. The Labute approximate surface area is 216 Å². The second-order valence-corrected chi connectivity index (χ2v) is 10.8. The molecular weight excluding hydrogens is 482 g/mol. The number of allylic oxidation sites excluding steroid dienone is 1. The van der Waals surface area contributed by atoms with E-state index in [1.54, 1.807) is 31.4 Å². The molecule has 1 unspecified atom stereocenters. The fourth-order valence-corrected chi connectivity index (χ4v) is 5.62. The van der Waals surface area contributed by atoms with Crippen molar-refractivity contribution in [3.05, 3.63) is 52.2 Å². The average molecular weight is 518 g/mol. The first kappa shape index (κ1) is 27.1. The van der Waals surface area contributed by atoms with Gasteiger partial charge in [-0.1, -0.05) is 18.3 Å². The molecule has 35 heavy (non-hydrogen) atoms. The van der Waals surface area contributed by atoms with Crippen molar-refractivity contribution in [3.63, 3.8) is 0 Å². The van der Waals surface area contributed by atoms with Crippen LogP contribution in [0.1, 0.15) is 29.7 Å². The average Bonchev–Trinajstić information content (AvgIpc) is 3.20. The number of benzene rings is 1. The largest absolute Gasteiger partial charge is 0.493 e. The summed E-state index contributed by atoms with van der Waals surface area (Å²) in [6.45, 7) is 14.8. The van der Waals surface area contributed by atoms with Crippen LogP contribution in [0.25, 0.3) is 10.6 Å². The molecule has 3 rings (SSSR count). The van der Waals surface area contributed by atoms with Crippen LogP contribution in [0.4, 0.5) is 0 Å². The van der Waals surface area contributed by atoms with Gasteiger partial charge in [0.1, 0.15) is 17.5 Å². The third-order valence-corrected chi connectivity index (χ3v) is 7.31. The molecule has 190 valence electrons.